The maximum atomic E-state index is 10.5. The first-order valence-electron chi connectivity index (χ1n) is 4.32. The van der Waals surface area contributed by atoms with Gasteiger partial charge in [-0.1, -0.05) is 11.6 Å². The molecule has 0 spiro atoms. The summed E-state index contributed by atoms with van der Waals surface area (Å²) in [5.41, 5.74) is -0.113. The van der Waals surface area contributed by atoms with Gasteiger partial charge in [-0.15, -0.1) is 0 Å². The van der Waals surface area contributed by atoms with Crippen LogP contribution in [0, 0.1) is 10.1 Å². The number of benzene rings is 1. The predicted molar refractivity (Wildman–Crippen MR) is 62.1 cm³/mol. The van der Waals surface area contributed by atoms with Crippen LogP contribution >= 0.6 is 24.2 Å². The molecular formula is C9H10ClNO3S. The number of halogens is 1. The number of rotatable bonds is 5. The molecule has 0 radical (unpaired) electrons. The molecule has 0 atom stereocenters. The molecule has 1 aromatic carbocycles. The number of hydrogen-bond donors (Lipinski definition) is 1. The van der Waals surface area contributed by atoms with Crippen LogP contribution in [0.5, 0.6) is 5.75 Å². The van der Waals surface area contributed by atoms with Crippen molar-refractivity contribution in [2.24, 2.45) is 0 Å². The minimum Gasteiger partial charge on any atom is -0.494 e. The maximum Gasteiger partial charge on any atom is 0.288 e. The molecule has 0 heterocycles. The average molecular weight is 248 g/mol. The molecule has 1 aromatic rings. The van der Waals surface area contributed by atoms with E-state index in [9.17, 15) is 10.1 Å². The lowest BCUT2D eigenvalue weighted by Gasteiger charge is -2.05. The van der Waals surface area contributed by atoms with Gasteiger partial charge in [-0.05, 0) is 18.2 Å². The fourth-order valence-corrected chi connectivity index (χ4v) is 1.35. The van der Waals surface area contributed by atoms with Gasteiger partial charge in [0.25, 0.3) is 5.69 Å². The molecular weight excluding hydrogens is 238 g/mol. The molecule has 0 saturated carbocycles. The number of thiol groups is 1. The van der Waals surface area contributed by atoms with Gasteiger partial charge in [-0.25, -0.2) is 0 Å². The number of nitro groups is 1. The van der Waals surface area contributed by atoms with Crippen molar-refractivity contribution in [3.8, 4) is 5.75 Å². The summed E-state index contributed by atoms with van der Waals surface area (Å²) in [5, 5.41) is 10.6. The van der Waals surface area contributed by atoms with Crippen LogP contribution in [0.4, 0.5) is 5.69 Å². The second-order valence-electron chi connectivity index (χ2n) is 2.80. The van der Waals surface area contributed by atoms with Crippen LogP contribution in [0.2, 0.25) is 5.02 Å². The Balaban J connectivity index is 2.69. The van der Waals surface area contributed by atoms with Crippen molar-refractivity contribution in [3.05, 3.63) is 33.3 Å². The van der Waals surface area contributed by atoms with E-state index in [1.54, 1.807) is 0 Å². The van der Waals surface area contributed by atoms with E-state index in [-0.39, 0.29) is 10.7 Å². The number of nitro benzene ring substituents is 1. The SMILES string of the molecule is O=[N+]([O-])c1ccc(OCCCS)cc1Cl. The van der Waals surface area contributed by atoms with Gasteiger partial charge < -0.3 is 4.74 Å². The van der Waals surface area contributed by atoms with E-state index in [1.807, 2.05) is 0 Å². The lowest BCUT2D eigenvalue weighted by atomic mass is 10.3. The molecule has 15 heavy (non-hydrogen) atoms. The number of ether oxygens (including phenoxy) is 1. The zero-order valence-corrected chi connectivity index (χ0v) is 9.50. The van der Waals surface area contributed by atoms with Crippen molar-refractivity contribution in [2.75, 3.05) is 12.4 Å². The third-order valence-corrected chi connectivity index (χ3v) is 2.31. The van der Waals surface area contributed by atoms with Gasteiger partial charge >= 0.3 is 0 Å². The summed E-state index contributed by atoms with van der Waals surface area (Å²) < 4.78 is 5.31. The normalized spacial score (nSPS) is 10.0. The van der Waals surface area contributed by atoms with E-state index in [0.29, 0.717) is 12.4 Å². The van der Waals surface area contributed by atoms with Crippen LogP contribution < -0.4 is 4.74 Å². The monoisotopic (exact) mass is 247 g/mol. The minimum atomic E-state index is -0.528. The van der Waals surface area contributed by atoms with Crippen LogP contribution in [-0.4, -0.2) is 17.3 Å². The van der Waals surface area contributed by atoms with Crippen LogP contribution in [0.15, 0.2) is 18.2 Å². The van der Waals surface area contributed by atoms with E-state index in [4.69, 9.17) is 16.3 Å². The molecule has 4 nitrogen and oxygen atoms in total. The molecule has 1 rings (SSSR count). The van der Waals surface area contributed by atoms with Gasteiger partial charge in [0, 0.05) is 12.1 Å². The lowest BCUT2D eigenvalue weighted by molar-refractivity contribution is -0.384. The summed E-state index contributed by atoms with van der Waals surface area (Å²) in [6.07, 6.45) is 0.817. The molecule has 0 aliphatic heterocycles. The van der Waals surface area contributed by atoms with Gasteiger partial charge in [0.1, 0.15) is 10.8 Å². The van der Waals surface area contributed by atoms with Gasteiger partial charge in [0.05, 0.1) is 11.5 Å². The Labute approximate surface area is 97.8 Å². The molecule has 0 saturated heterocycles. The van der Waals surface area contributed by atoms with Crippen LogP contribution in [0.1, 0.15) is 6.42 Å². The summed E-state index contributed by atoms with van der Waals surface area (Å²) in [4.78, 5) is 9.94. The standard InChI is InChI=1S/C9H10ClNO3S/c10-8-6-7(14-4-1-5-15)2-3-9(8)11(12)13/h2-3,6,15H,1,4-5H2. The summed E-state index contributed by atoms with van der Waals surface area (Å²) in [5.74, 6) is 1.27. The third-order valence-electron chi connectivity index (χ3n) is 1.69. The summed E-state index contributed by atoms with van der Waals surface area (Å²) >= 11 is 9.74. The molecule has 0 bridgehead atoms. The zero-order valence-electron chi connectivity index (χ0n) is 7.85. The highest BCUT2D eigenvalue weighted by molar-refractivity contribution is 7.80. The number of nitrogens with zero attached hydrogens (tertiary/aromatic N) is 1. The molecule has 0 aliphatic rings. The Hall–Kier alpha value is -0.940. The van der Waals surface area contributed by atoms with Crippen LogP contribution in [0.3, 0.4) is 0 Å². The maximum absolute atomic E-state index is 10.5. The number of hydrogen-bond acceptors (Lipinski definition) is 4. The first kappa shape index (κ1) is 12.1. The molecule has 0 amide bonds. The topological polar surface area (TPSA) is 52.4 Å². The Morgan fingerprint density at radius 2 is 2.27 bits per heavy atom. The second kappa shape index (κ2) is 5.82. The van der Waals surface area contributed by atoms with Gasteiger partial charge in [0.2, 0.25) is 0 Å². The van der Waals surface area contributed by atoms with Crippen molar-refractivity contribution < 1.29 is 9.66 Å². The summed E-state index contributed by atoms with van der Waals surface area (Å²) in [6, 6.07) is 4.30. The van der Waals surface area contributed by atoms with Gasteiger partial charge in [-0.2, -0.15) is 12.6 Å². The van der Waals surface area contributed by atoms with Crippen molar-refractivity contribution in [2.45, 2.75) is 6.42 Å². The first-order chi connectivity index (χ1) is 7.15. The van der Waals surface area contributed by atoms with Crippen LogP contribution in [0.25, 0.3) is 0 Å². The Kier molecular flexibility index (Phi) is 4.71. The highest BCUT2D eigenvalue weighted by Gasteiger charge is 2.12. The molecule has 0 unspecified atom stereocenters. The highest BCUT2D eigenvalue weighted by atomic mass is 35.5. The molecule has 82 valence electrons. The van der Waals surface area contributed by atoms with Gasteiger partial charge in [0.15, 0.2) is 0 Å². The zero-order chi connectivity index (χ0) is 11.3. The van der Waals surface area contributed by atoms with E-state index in [2.05, 4.69) is 12.6 Å². The molecule has 0 aliphatic carbocycles. The van der Waals surface area contributed by atoms with Crippen molar-refractivity contribution in [1.29, 1.82) is 0 Å². The lowest BCUT2D eigenvalue weighted by Crippen LogP contribution is -1.98. The highest BCUT2D eigenvalue weighted by Crippen LogP contribution is 2.28. The largest absolute Gasteiger partial charge is 0.494 e. The summed E-state index contributed by atoms with van der Waals surface area (Å²) in [6.45, 7) is 0.525. The predicted octanol–water partition coefficient (Wildman–Crippen LogP) is 2.95. The minimum absolute atomic E-state index is 0.0865. The Morgan fingerprint density at radius 1 is 1.53 bits per heavy atom. The molecule has 0 aromatic heterocycles. The third kappa shape index (κ3) is 3.60. The van der Waals surface area contributed by atoms with Crippen molar-refractivity contribution >= 4 is 29.9 Å². The second-order valence-corrected chi connectivity index (χ2v) is 3.65. The fraction of sp³-hybridized carbons (Fsp3) is 0.333. The summed E-state index contributed by atoms with van der Waals surface area (Å²) in [7, 11) is 0. The van der Waals surface area contributed by atoms with E-state index < -0.39 is 4.92 Å². The Bertz CT molecular complexity index is 359. The Morgan fingerprint density at radius 3 is 2.80 bits per heavy atom. The molecule has 0 fully saturated rings. The van der Waals surface area contributed by atoms with Gasteiger partial charge in [-0.3, -0.25) is 10.1 Å². The first-order valence-corrected chi connectivity index (χ1v) is 5.34. The molecule has 6 heteroatoms. The van der Waals surface area contributed by atoms with E-state index in [1.165, 1.54) is 18.2 Å². The molecule has 0 N–H and O–H groups in total. The smallest absolute Gasteiger partial charge is 0.288 e. The fourth-order valence-electron chi connectivity index (χ4n) is 0.980. The van der Waals surface area contributed by atoms with E-state index in [0.717, 1.165) is 12.2 Å². The quantitative estimate of drug-likeness (QED) is 0.377. The van der Waals surface area contributed by atoms with E-state index >= 15 is 0 Å². The van der Waals surface area contributed by atoms with Crippen LogP contribution in [-0.2, 0) is 0 Å². The van der Waals surface area contributed by atoms with Crippen molar-refractivity contribution in [3.63, 3.8) is 0 Å². The van der Waals surface area contributed by atoms with Crippen molar-refractivity contribution in [1.82, 2.24) is 0 Å². The average Bonchev–Trinajstić information content (AvgIpc) is 2.17.